The van der Waals surface area contributed by atoms with E-state index in [-0.39, 0.29) is 11.6 Å². The molecule has 82 valence electrons. The second kappa shape index (κ2) is 5.66. The van der Waals surface area contributed by atoms with Gasteiger partial charge in [-0.3, -0.25) is 0 Å². The van der Waals surface area contributed by atoms with Gasteiger partial charge in [-0.05, 0) is 12.1 Å². The normalized spacial score (nSPS) is 11.3. The molecule has 0 amide bonds. The smallest absolute Gasteiger partial charge is 0.387 e. The largest absolute Gasteiger partial charge is 0.434 e. The fourth-order valence-electron chi connectivity index (χ4n) is 1.02. The molecule has 1 rings (SSSR count). The molecule has 0 fully saturated rings. The lowest BCUT2D eigenvalue weighted by Crippen LogP contribution is -2.03. The zero-order valence-corrected chi connectivity index (χ0v) is 8.35. The van der Waals surface area contributed by atoms with Crippen LogP contribution in [0.2, 0.25) is 0 Å². The van der Waals surface area contributed by atoms with Gasteiger partial charge in [0.25, 0.3) is 0 Å². The monoisotopic (exact) mass is 236 g/mol. The van der Waals surface area contributed by atoms with Gasteiger partial charge in [-0.25, -0.2) is 4.39 Å². The second-order valence-corrected chi connectivity index (χ2v) is 2.93. The topological polar surface area (TPSA) is 9.23 Å². The van der Waals surface area contributed by atoms with Crippen molar-refractivity contribution in [3.05, 3.63) is 35.7 Å². The zero-order valence-electron chi connectivity index (χ0n) is 7.59. The number of halogens is 4. The SMILES string of the molecule is Fc1ccc(C=CCCl)c(OC(F)F)c1. The van der Waals surface area contributed by atoms with Crippen LogP contribution in [0.1, 0.15) is 5.56 Å². The number of hydrogen-bond acceptors (Lipinski definition) is 1. The minimum atomic E-state index is -2.98. The number of rotatable bonds is 4. The number of benzene rings is 1. The Bertz CT molecular complexity index is 353. The summed E-state index contributed by atoms with van der Waals surface area (Å²) in [6.45, 7) is -2.98. The first-order chi connectivity index (χ1) is 7.13. The molecule has 0 unspecified atom stereocenters. The van der Waals surface area contributed by atoms with E-state index in [4.69, 9.17) is 11.6 Å². The van der Waals surface area contributed by atoms with Gasteiger partial charge in [-0.2, -0.15) is 8.78 Å². The number of alkyl halides is 3. The van der Waals surface area contributed by atoms with Crippen LogP contribution in [0.3, 0.4) is 0 Å². The van der Waals surface area contributed by atoms with Crippen LogP contribution in [0.25, 0.3) is 6.08 Å². The number of hydrogen-bond donors (Lipinski definition) is 0. The maximum atomic E-state index is 12.7. The Kier molecular flexibility index (Phi) is 4.49. The minimum absolute atomic E-state index is 0.202. The summed E-state index contributed by atoms with van der Waals surface area (Å²) in [5.74, 6) is -0.592. The summed E-state index contributed by atoms with van der Waals surface area (Å²) < 4.78 is 40.8. The summed E-state index contributed by atoms with van der Waals surface area (Å²) in [7, 11) is 0. The van der Waals surface area contributed by atoms with Gasteiger partial charge in [0, 0.05) is 17.5 Å². The fraction of sp³-hybridized carbons (Fsp3) is 0.200. The molecule has 0 aliphatic heterocycles. The standard InChI is InChI=1S/C10H8ClF3O/c11-5-1-2-7-3-4-8(12)6-9(7)15-10(13)14/h1-4,6,10H,5H2. The van der Waals surface area contributed by atoms with E-state index in [1.54, 1.807) is 6.08 Å². The molecule has 1 nitrogen and oxygen atoms in total. The molecular formula is C10H8ClF3O. The molecule has 0 radical (unpaired) electrons. The maximum Gasteiger partial charge on any atom is 0.387 e. The minimum Gasteiger partial charge on any atom is -0.434 e. The van der Waals surface area contributed by atoms with Crippen molar-refractivity contribution in [2.24, 2.45) is 0 Å². The first-order valence-electron chi connectivity index (χ1n) is 4.10. The molecule has 1 aromatic carbocycles. The third-order valence-electron chi connectivity index (χ3n) is 1.58. The van der Waals surface area contributed by atoms with Crippen molar-refractivity contribution in [3.63, 3.8) is 0 Å². The van der Waals surface area contributed by atoms with E-state index in [9.17, 15) is 13.2 Å². The molecule has 0 atom stereocenters. The average Bonchev–Trinajstić information content (AvgIpc) is 2.16. The summed E-state index contributed by atoms with van der Waals surface area (Å²) in [5.41, 5.74) is 0.359. The van der Waals surface area contributed by atoms with Crippen LogP contribution in [0.4, 0.5) is 13.2 Å². The van der Waals surface area contributed by atoms with E-state index < -0.39 is 12.4 Å². The summed E-state index contributed by atoms with van der Waals surface area (Å²) >= 11 is 5.39. The van der Waals surface area contributed by atoms with Gasteiger partial charge in [-0.1, -0.05) is 12.2 Å². The first kappa shape index (κ1) is 11.9. The van der Waals surface area contributed by atoms with Crippen LogP contribution in [-0.2, 0) is 0 Å². The van der Waals surface area contributed by atoms with Gasteiger partial charge in [-0.15, -0.1) is 11.6 Å². The molecule has 0 aliphatic carbocycles. The van der Waals surface area contributed by atoms with E-state index in [0.29, 0.717) is 5.56 Å². The highest BCUT2D eigenvalue weighted by Crippen LogP contribution is 2.23. The highest BCUT2D eigenvalue weighted by atomic mass is 35.5. The number of allylic oxidation sites excluding steroid dienone is 1. The molecule has 0 saturated heterocycles. The van der Waals surface area contributed by atoms with Crippen LogP contribution in [0.5, 0.6) is 5.75 Å². The predicted molar refractivity (Wildman–Crippen MR) is 52.8 cm³/mol. The molecule has 0 bridgehead atoms. The van der Waals surface area contributed by atoms with E-state index >= 15 is 0 Å². The van der Waals surface area contributed by atoms with Crippen LogP contribution in [-0.4, -0.2) is 12.5 Å². The lowest BCUT2D eigenvalue weighted by Gasteiger charge is -2.07. The molecule has 1 aromatic rings. The highest BCUT2D eigenvalue weighted by Gasteiger charge is 2.08. The molecule has 15 heavy (non-hydrogen) atoms. The van der Waals surface area contributed by atoms with Crippen LogP contribution in [0.15, 0.2) is 24.3 Å². The van der Waals surface area contributed by atoms with Gasteiger partial charge in [0.2, 0.25) is 0 Å². The molecule has 0 heterocycles. The lowest BCUT2D eigenvalue weighted by molar-refractivity contribution is -0.0501. The molecular weight excluding hydrogens is 229 g/mol. The van der Waals surface area contributed by atoms with Crippen molar-refractivity contribution in [2.45, 2.75) is 6.61 Å². The van der Waals surface area contributed by atoms with E-state index in [1.165, 1.54) is 12.1 Å². The van der Waals surface area contributed by atoms with E-state index in [1.807, 2.05) is 0 Å². The van der Waals surface area contributed by atoms with E-state index in [2.05, 4.69) is 4.74 Å². The van der Waals surface area contributed by atoms with Crippen LogP contribution >= 0.6 is 11.6 Å². The summed E-state index contributed by atoms with van der Waals surface area (Å²) in [6.07, 6.45) is 3.04. The van der Waals surface area contributed by atoms with Crippen LogP contribution in [0, 0.1) is 5.82 Å². The molecule has 5 heteroatoms. The first-order valence-corrected chi connectivity index (χ1v) is 4.64. The third-order valence-corrected chi connectivity index (χ3v) is 1.76. The molecule has 0 saturated carbocycles. The second-order valence-electron chi connectivity index (χ2n) is 2.62. The predicted octanol–water partition coefficient (Wildman–Crippen LogP) is 3.68. The Morgan fingerprint density at radius 1 is 1.40 bits per heavy atom. The highest BCUT2D eigenvalue weighted by molar-refractivity contribution is 6.19. The summed E-state index contributed by atoms with van der Waals surface area (Å²) in [4.78, 5) is 0. The third kappa shape index (κ3) is 3.83. The summed E-state index contributed by atoms with van der Waals surface area (Å²) in [5, 5.41) is 0. The van der Waals surface area contributed by atoms with Crippen molar-refractivity contribution in [1.82, 2.24) is 0 Å². The summed E-state index contributed by atoms with van der Waals surface area (Å²) in [6, 6.07) is 3.41. The average molecular weight is 237 g/mol. The van der Waals surface area contributed by atoms with Gasteiger partial charge in [0.05, 0.1) is 0 Å². The Balaban J connectivity index is 2.97. The number of ether oxygens (including phenoxy) is 1. The van der Waals surface area contributed by atoms with Crippen LogP contribution < -0.4 is 4.74 Å². The van der Waals surface area contributed by atoms with Gasteiger partial charge in [0.1, 0.15) is 11.6 Å². The van der Waals surface area contributed by atoms with E-state index in [0.717, 1.165) is 12.1 Å². The lowest BCUT2D eigenvalue weighted by atomic mass is 10.2. The Hall–Kier alpha value is -1.16. The van der Waals surface area contributed by atoms with Gasteiger partial charge in [0.15, 0.2) is 0 Å². The molecule has 0 aromatic heterocycles. The fourth-order valence-corrected chi connectivity index (χ4v) is 1.10. The van der Waals surface area contributed by atoms with Crippen molar-refractivity contribution in [1.29, 1.82) is 0 Å². The van der Waals surface area contributed by atoms with Crippen molar-refractivity contribution in [2.75, 3.05) is 5.88 Å². The quantitative estimate of drug-likeness (QED) is 0.725. The molecule has 0 aliphatic rings. The Morgan fingerprint density at radius 3 is 2.73 bits per heavy atom. The van der Waals surface area contributed by atoms with Crippen molar-refractivity contribution < 1.29 is 17.9 Å². The van der Waals surface area contributed by atoms with Crippen molar-refractivity contribution in [3.8, 4) is 5.75 Å². The maximum absolute atomic E-state index is 12.7. The molecule has 0 spiro atoms. The van der Waals surface area contributed by atoms with Gasteiger partial charge < -0.3 is 4.74 Å². The van der Waals surface area contributed by atoms with Crippen molar-refractivity contribution >= 4 is 17.7 Å². The Morgan fingerprint density at radius 2 is 2.13 bits per heavy atom. The van der Waals surface area contributed by atoms with Gasteiger partial charge >= 0.3 is 6.61 Å². The Labute approximate surface area is 90.1 Å². The molecule has 0 N–H and O–H groups in total. The zero-order chi connectivity index (χ0) is 11.3.